The highest BCUT2D eigenvalue weighted by atomic mass is 32.2. The molecule has 0 aromatic carbocycles. The van der Waals surface area contributed by atoms with E-state index in [0.717, 1.165) is 15.3 Å². The van der Waals surface area contributed by atoms with Gasteiger partial charge in [-0.05, 0) is 0 Å². The predicted octanol–water partition coefficient (Wildman–Crippen LogP) is 1.12. The van der Waals surface area contributed by atoms with Crippen molar-refractivity contribution in [1.82, 2.24) is 24.0 Å². The maximum atomic E-state index is 12.4. The number of nitrogens with zero attached hydrogens (tertiary/aromatic N) is 5. The van der Waals surface area contributed by atoms with E-state index >= 15 is 0 Å². The Morgan fingerprint density at radius 2 is 1.78 bits per heavy atom. The number of carbonyl (C=O) groups excluding carboxylic acids is 1. The Morgan fingerprint density at radius 1 is 1.22 bits per heavy atom. The van der Waals surface area contributed by atoms with Crippen molar-refractivity contribution < 1.29 is 13.2 Å². The Bertz CT molecular complexity index is 670. The van der Waals surface area contributed by atoms with Crippen molar-refractivity contribution in [2.45, 2.75) is 12.1 Å². The van der Waals surface area contributed by atoms with Crippen molar-refractivity contribution >= 4 is 16.1 Å². The van der Waals surface area contributed by atoms with Crippen LogP contribution in [0, 0.1) is 0 Å². The fourth-order valence-corrected chi connectivity index (χ4v) is 3.05. The lowest BCUT2D eigenvalue weighted by Gasteiger charge is -2.18. The second kappa shape index (κ2) is 8.39. The number of rotatable bonds is 9. The average Bonchev–Trinajstić information content (AvgIpc) is 3.02. The molecule has 1 rings (SSSR count). The van der Waals surface area contributed by atoms with Gasteiger partial charge in [0.1, 0.15) is 6.33 Å². The summed E-state index contributed by atoms with van der Waals surface area (Å²) in [5.74, 6) is 0. The molecule has 0 saturated carbocycles. The lowest BCUT2D eigenvalue weighted by atomic mass is 10.5. The predicted molar refractivity (Wildman–Crippen MR) is 87.4 cm³/mol. The van der Waals surface area contributed by atoms with E-state index in [1.54, 1.807) is 19.1 Å². The van der Waals surface area contributed by atoms with Gasteiger partial charge < -0.3 is 4.90 Å². The number of hydrogen-bond acceptors (Lipinski definition) is 5. The van der Waals surface area contributed by atoms with Gasteiger partial charge in [-0.15, -0.1) is 24.8 Å². The van der Waals surface area contributed by atoms with Crippen LogP contribution in [0.3, 0.4) is 0 Å². The topological polar surface area (TPSA) is 88.4 Å². The molecule has 9 heteroatoms. The molecular formula is C14H21N5O3S. The Morgan fingerprint density at radius 3 is 2.26 bits per heavy atom. The van der Waals surface area contributed by atoms with Gasteiger partial charge in [-0.3, -0.25) is 0 Å². The van der Waals surface area contributed by atoms with Gasteiger partial charge in [0.2, 0.25) is 0 Å². The summed E-state index contributed by atoms with van der Waals surface area (Å²) in [6.07, 6.45) is 5.66. The van der Waals surface area contributed by atoms with Crippen LogP contribution in [0.15, 0.2) is 49.4 Å². The van der Waals surface area contributed by atoms with Crippen molar-refractivity contribution in [1.29, 1.82) is 0 Å². The van der Waals surface area contributed by atoms with Crippen LogP contribution in [0.1, 0.15) is 6.92 Å². The first-order valence-electron chi connectivity index (χ1n) is 6.96. The van der Waals surface area contributed by atoms with E-state index in [0.29, 0.717) is 0 Å². The Hall–Kier alpha value is -2.26. The van der Waals surface area contributed by atoms with E-state index in [2.05, 4.69) is 29.8 Å². The van der Waals surface area contributed by atoms with Crippen LogP contribution in [0.5, 0.6) is 0 Å². The van der Waals surface area contributed by atoms with E-state index in [1.165, 1.54) is 11.0 Å². The van der Waals surface area contributed by atoms with Crippen LogP contribution in [0.4, 0.5) is 4.79 Å². The van der Waals surface area contributed by atoms with E-state index in [1.807, 2.05) is 0 Å². The number of likely N-dealkylation sites (N-methyl/N-ethyl adjacent to an activating group) is 1. The first-order valence-corrected chi connectivity index (χ1v) is 8.40. The zero-order valence-corrected chi connectivity index (χ0v) is 13.9. The van der Waals surface area contributed by atoms with Crippen LogP contribution in [-0.2, 0) is 10.0 Å². The fraction of sp³-hybridized carbons (Fsp3) is 0.357. The van der Waals surface area contributed by atoms with Crippen molar-refractivity contribution in [2.24, 2.45) is 0 Å². The zero-order chi connectivity index (χ0) is 17.5. The summed E-state index contributed by atoms with van der Waals surface area (Å²) in [5.41, 5.74) is 0. The second-order valence-corrected chi connectivity index (χ2v) is 6.31. The number of carbonyl (C=O) groups is 1. The number of amides is 1. The quantitative estimate of drug-likeness (QED) is 0.629. The van der Waals surface area contributed by atoms with Gasteiger partial charge in [0.15, 0.2) is 0 Å². The van der Waals surface area contributed by atoms with Crippen LogP contribution >= 0.6 is 0 Å². The van der Waals surface area contributed by atoms with Gasteiger partial charge in [-0.1, -0.05) is 25.2 Å². The van der Waals surface area contributed by atoms with E-state index in [-0.39, 0.29) is 26.2 Å². The van der Waals surface area contributed by atoms with Crippen molar-refractivity contribution in [3.05, 3.63) is 44.3 Å². The molecule has 0 fully saturated rings. The van der Waals surface area contributed by atoms with E-state index < -0.39 is 21.2 Å². The molecular weight excluding hydrogens is 318 g/mol. The molecule has 1 aromatic heterocycles. The summed E-state index contributed by atoms with van der Waals surface area (Å²) in [6, 6.07) is -0.509. The molecule has 0 saturated heterocycles. The standard InChI is InChI=1S/C14H21N5O3S/c1-5-9-17(10-6-2)14(20)19-12-15-13(16-19)23(21,22)18(8-4)11-7-3/h5-7,12H,1-3,8-11H2,4H3. The summed E-state index contributed by atoms with van der Waals surface area (Å²) >= 11 is 0. The molecule has 0 aliphatic carbocycles. The molecule has 1 aromatic rings. The smallest absolute Gasteiger partial charge is 0.315 e. The molecule has 0 bridgehead atoms. The van der Waals surface area contributed by atoms with Crippen LogP contribution in [0.25, 0.3) is 0 Å². The van der Waals surface area contributed by atoms with Crippen LogP contribution in [-0.4, -0.2) is 64.6 Å². The third kappa shape index (κ3) is 4.36. The van der Waals surface area contributed by atoms with Gasteiger partial charge in [-0.25, -0.2) is 18.2 Å². The molecule has 0 atom stereocenters. The van der Waals surface area contributed by atoms with Gasteiger partial charge in [0.25, 0.3) is 15.2 Å². The second-order valence-electron chi connectivity index (χ2n) is 4.48. The molecule has 0 N–H and O–H groups in total. The van der Waals surface area contributed by atoms with Crippen molar-refractivity contribution in [3.8, 4) is 0 Å². The highest BCUT2D eigenvalue weighted by Gasteiger charge is 2.27. The molecule has 8 nitrogen and oxygen atoms in total. The summed E-state index contributed by atoms with van der Waals surface area (Å²) in [4.78, 5) is 17.4. The fourth-order valence-electron chi connectivity index (χ4n) is 1.80. The minimum atomic E-state index is -3.87. The minimum Gasteiger partial charge on any atom is -0.315 e. The minimum absolute atomic E-state index is 0.139. The Labute approximate surface area is 136 Å². The molecule has 1 heterocycles. The Kier molecular flexibility index (Phi) is 6.86. The number of hydrogen-bond donors (Lipinski definition) is 0. The molecule has 0 spiro atoms. The monoisotopic (exact) mass is 339 g/mol. The molecule has 0 unspecified atom stereocenters. The Balaban J connectivity index is 3.08. The largest absolute Gasteiger partial charge is 0.346 e. The summed E-state index contributed by atoms with van der Waals surface area (Å²) in [7, 11) is -3.87. The number of aromatic nitrogens is 3. The third-order valence-corrected chi connectivity index (χ3v) is 4.63. The highest BCUT2D eigenvalue weighted by Crippen LogP contribution is 2.10. The van der Waals surface area contributed by atoms with Gasteiger partial charge in [-0.2, -0.15) is 8.99 Å². The SMILES string of the molecule is C=CCN(CC=C)C(=O)n1cnc(S(=O)(=O)N(CC)CC=C)n1. The van der Waals surface area contributed by atoms with Gasteiger partial charge in [0, 0.05) is 26.2 Å². The highest BCUT2D eigenvalue weighted by molar-refractivity contribution is 7.88. The average molecular weight is 339 g/mol. The number of sulfonamides is 1. The normalized spacial score (nSPS) is 11.2. The van der Waals surface area contributed by atoms with Crippen molar-refractivity contribution in [2.75, 3.05) is 26.2 Å². The van der Waals surface area contributed by atoms with Gasteiger partial charge >= 0.3 is 6.03 Å². The summed E-state index contributed by atoms with van der Waals surface area (Å²) in [6.45, 7) is 13.3. The molecule has 1 amide bonds. The summed E-state index contributed by atoms with van der Waals surface area (Å²) < 4.78 is 26.8. The molecule has 0 radical (unpaired) electrons. The first-order chi connectivity index (χ1) is 10.9. The first kappa shape index (κ1) is 18.8. The van der Waals surface area contributed by atoms with Crippen LogP contribution in [0.2, 0.25) is 0 Å². The van der Waals surface area contributed by atoms with Gasteiger partial charge in [0.05, 0.1) is 0 Å². The third-order valence-electron chi connectivity index (χ3n) is 2.89. The molecule has 126 valence electrons. The molecule has 23 heavy (non-hydrogen) atoms. The maximum absolute atomic E-state index is 12.4. The maximum Gasteiger partial charge on any atom is 0.346 e. The van der Waals surface area contributed by atoms with Crippen molar-refractivity contribution in [3.63, 3.8) is 0 Å². The zero-order valence-electron chi connectivity index (χ0n) is 13.1. The lowest BCUT2D eigenvalue weighted by Crippen LogP contribution is -2.36. The van der Waals surface area contributed by atoms with E-state index in [4.69, 9.17) is 0 Å². The summed E-state index contributed by atoms with van der Waals surface area (Å²) in [5, 5.41) is 3.38. The molecule has 0 aliphatic rings. The van der Waals surface area contributed by atoms with Crippen LogP contribution < -0.4 is 0 Å². The lowest BCUT2D eigenvalue weighted by molar-refractivity contribution is 0.206. The van der Waals surface area contributed by atoms with E-state index in [9.17, 15) is 13.2 Å². The molecule has 0 aliphatic heterocycles.